The lowest BCUT2D eigenvalue weighted by Gasteiger charge is -2.28. The Morgan fingerprint density at radius 2 is 2.35 bits per heavy atom. The van der Waals surface area contributed by atoms with E-state index in [2.05, 4.69) is 10.9 Å². The largest absolute Gasteiger partial charge is 0.374 e. The Balaban J connectivity index is 2.38. The number of nitrogens with zero attached hydrogens (tertiary/aromatic N) is 1. The first kappa shape index (κ1) is 17.1. The second-order valence-electron chi connectivity index (χ2n) is 4.87. The van der Waals surface area contributed by atoms with E-state index in [9.17, 15) is 19.5 Å². The Morgan fingerprint density at radius 3 is 2.91 bits per heavy atom. The van der Waals surface area contributed by atoms with Crippen LogP contribution in [0.2, 0.25) is 0 Å². The molecule has 9 nitrogen and oxygen atoms in total. The molecule has 0 aromatic carbocycles. The number of hydrogen-bond donors (Lipinski definition) is 2. The van der Waals surface area contributed by atoms with E-state index in [0.29, 0.717) is 6.29 Å². The predicted octanol–water partition coefficient (Wildman–Crippen LogP) is -1.97. The minimum absolute atomic E-state index is 0.0736. The van der Waals surface area contributed by atoms with Crippen molar-refractivity contribution in [1.29, 1.82) is 0 Å². The number of aromatic nitrogens is 2. The summed E-state index contributed by atoms with van der Waals surface area (Å²) in [6, 6.07) is 1.10. The zero-order chi connectivity index (χ0) is 17.0. The van der Waals surface area contributed by atoms with Gasteiger partial charge in [0, 0.05) is 19.4 Å². The van der Waals surface area contributed by atoms with Crippen molar-refractivity contribution in [2.24, 2.45) is 0 Å². The Labute approximate surface area is 130 Å². The minimum Gasteiger partial charge on any atom is -0.374 e. The number of aromatic amines is 1. The van der Waals surface area contributed by atoms with Gasteiger partial charge in [0.25, 0.3) is 5.56 Å². The molecule has 0 aliphatic carbocycles. The Hall–Kier alpha value is -2.25. The lowest BCUT2D eigenvalue weighted by molar-refractivity contribution is -0.115. The van der Waals surface area contributed by atoms with Crippen molar-refractivity contribution in [2.75, 3.05) is 20.3 Å². The number of nitrogens with one attached hydrogen (secondary N) is 1. The molecule has 1 saturated heterocycles. The minimum atomic E-state index is -1.97. The Morgan fingerprint density at radius 1 is 1.61 bits per heavy atom. The monoisotopic (exact) mass is 324 g/mol. The molecule has 4 atom stereocenters. The molecule has 1 aliphatic rings. The van der Waals surface area contributed by atoms with Crippen LogP contribution in [0.15, 0.2) is 21.9 Å². The van der Waals surface area contributed by atoms with E-state index >= 15 is 0 Å². The first-order valence-corrected chi connectivity index (χ1v) is 6.69. The molecule has 9 heteroatoms. The molecule has 0 saturated carbocycles. The van der Waals surface area contributed by atoms with E-state index in [0.717, 1.165) is 16.8 Å². The van der Waals surface area contributed by atoms with Crippen LogP contribution >= 0.6 is 0 Å². The maximum absolute atomic E-state index is 11.9. The highest BCUT2D eigenvalue weighted by Crippen LogP contribution is 2.38. The summed E-state index contributed by atoms with van der Waals surface area (Å²) < 4.78 is 16.8. The van der Waals surface area contributed by atoms with Crippen LogP contribution in [-0.4, -0.2) is 59.1 Å². The standard InChI is InChI=1S/C14H16N2O7/c1-3-14(20)11(21-2)9(8-22-7-6-17)23-12(14)16-5-4-10(18)15-13(16)19/h1,4-6,9,11-12,20H,7-8H2,2H3,(H,15,18,19)/t9-,11-,12-,14-/m1/s1. The van der Waals surface area contributed by atoms with E-state index in [4.69, 9.17) is 20.6 Å². The quantitative estimate of drug-likeness (QED) is 0.354. The normalized spacial score (nSPS) is 30.0. The summed E-state index contributed by atoms with van der Waals surface area (Å²) in [4.78, 5) is 35.4. The summed E-state index contributed by atoms with van der Waals surface area (Å²) in [6.45, 7) is -0.232. The number of ether oxygens (including phenoxy) is 3. The van der Waals surface area contributed by atoms with E-state index in [-0.39, 0.29) is 13.2 Å². The van der Waals surface area contributed by atoms with Gasteiger partial charge in [-0.15, -0.1) is 6.42 Å². The summed E-state index contributed by atoms with van der Waals surface area (Å²) in [5.41, 5.74) is -3.35. The Bertz CT molecular complexity index is 719. The Kier molecular flexibility index (Phi) is 5.12. The number of rotatable bonds is 6. The molecule has 2 N–H and O–H groups in total. The van der Waals surface area contributed by atoms with Gasteiger partial charge in [-0.05, 0) is 0 Å². The van der Waals surface area contributed by atoms with E-state index < -0.39 is 35.3 Å². The molecular weight excluding hydrogens is 308 g/mol. The van der Waals surface area contributed by atoms with Crippen LogP contribution in [0.5, 0.6) is 0 Å². The summed E-state index contributed by atoms with van der Waals surface area (Å²) in [7, 11) is 1.32. The third-order valence-corrected chi connectivity index (χ3v) is 3.51. The molecule has 23 heavy (non-hydrogen) atoms. The van der Waals surface area contributed by atoms with Crippen molar-refractivity contribution < 1.29 is 24.1 Å². The number of carbonyl (C=O) groups excluding carboxylic acids is 1. The number of terminal acetylenes is 1. The first-order chi connectivity index (χ1) is 11.0. The highest BCUT2D eigenvalue weighted by molar-refractivity contribution is 5.50. The summed E-state index contributed by atoms with van der Waals surface area (Å²) in [5, 5.41) is 10.7. The van der Waals surface area contributed by atoms with E-state index in [1.165, 1.54) is 7.11 Å². The third kappa shape index (κ3) is 3.11. The lowest BCUT2D eigenvalue weighted by atomic mass is 9.95. The number of H-pyrrole nitrogens is 1. The van der Waals surface area contributed by atoms with Crippen molar-refractivity contribution in [3.63, 3.8) is 0 Å². The topological polar surface area (TPSA) is 120 Å². The summed E-state index contributed by atoms with van der Waals surface area (Å²) in [6.07, 6.45) is 4.04. The molecular formula is C14H16N2O7. The molecule has 2 rings (SSSR count). The fourth-order valence-corrected chi connectivity index (χ4v) is 2.50. The first-order valence-electron chi connectivity index (χ1n) is 6.69. The van der Waals surface area contributed by atoms with Crippen LogP contribution in [0.3, 0.4) is 0 Å². The highest BCUT2D eigenvalue weighted by atomic mass is 16.6. The number of aliphatic hydroxyl groups is 1. The van der Waals surface area contributed by atoms with Crippen LogP contribution < -0.4 is 11.2 Å². The van der Waals surface area contributed by atoms with Gasteiger partial charge in [0.1, 0.15) is 25.1 Å². The van der Waals surface area contributed by atoms with Gasteiger partial charge in [0.05, 0.1) is 6.61 Å². The average molecular weight is 324 g/mol. The van der Waals surface area contributed by atoms with Gasteiger partial charge in [-0.2, -0.15) is 0 Å². The molecule has 0 unspecified atom stereocenters. The third-order valence-electron chi connectivity index (χ3n) is 3.51. The maximum Gasteiger partial charge on any atom is 0.330 e. The zero-order valence-electron chi connectivity index (χ0n) is 12.3. The predicted molar refractivity (Wildman–Crippen MR) is 76.7 cm³/mol. The van der Waals surface area contributed by atoms with Crippen LogP contribution in [0.25, 0.3) is 0 Å². The van der Waals surface area contributed by atoms with Crippen molar-refractivity contribution >= 4 is 6.29 Å². The van der Waals surface area contributed by atoms with Gasteiger partial charge in [0.2, 0.25) is 0 Å². The van der Waals surface area contributed by atoms with Gasteiger partial charge in [-0.1, -0.05) is 5.92 Å². The van der Waals surface area contributed by atoms with Crippen LogP contribution in [0.4, 0.5) is 0 Å². The van der Waals surface area contributed by atoms with E-state index in [1.807, 2.05) is 0 Å². The highest BCUT2D eigenvalue weighted by Gasteiger charge is 2.57. The van der Waals surface area contributed by atoms with Gasteiger partial charge < -0.3 is 24.1 Å². The zero-order valence-corrected chi connectivity index (χ0v) is 12.3. The van der Waals surface area contributed by atoms with Crippen molar-refractivity contribution in [2.45, 2.75) is 24.0 Å². The second kappa shape index (κ2) is 6.89. The van der Waals surface area contributed by atoms with Crippen LogP contribution in [0, 0.1) is 12.3 Å². The van der Waals surface area contributed by atoms with Gasteiger partial charge in [0.15, 0.2) is 11.8 Å². The molecule has 0 spiro atoms. The summed E-state index contributed by atoms with van der Waals surface area (Å²) in [5.74, 6) is 2.18. The van der Waals surface area contributed by atoms with Gasteiger partial charge in [-0.3, -0.25) is 14.3 Å². The molecule has 0 bridgehead atoms. The smallest absolute Gasteiger partial charge is 0.330 e. The van der Waals surface area contributed by atoms with Crippen LogP contribution in [0.1, 0.15) is 6.23 Å². The molecule has 1 aliphatic heterocycles. The molecule has 2 heterocycles. The number of aldehydes is 1. The molecule has 124 valence electrons. The number of methoxy groups -OCH3 is 1. The van der Waals surface area contributed by atoms with Gasteiger partial charge >= 0.3 is 5.69 Å². The van der Waals surface area contributed by atoms with E-state index in [1.54, 1.807) is 0 Å². The van der Waals surface area contributed by atoms with Crippen molar-refractivity contribution in [1.82, 2.24) is 9.55 Å². The van der Waals surface area contributed by atoms with Crippen molar-refractivity contribution in [3.05, 3.63) is 33.1 Å². The maximum atomic E-state index is 11.9. The SMILES string of the molecule is C#C[C@@]1(O)[C@H](OC)[C@@H](COCC=O)O[C@H]1n1ccc(=O)[nH]c1=O. The molecule has 1 fully saturated rings. The molecule has 1 aromatic heterocycles. The number of hydrogen-bond acceptors (Lipinski definition) is 7. The number of carbonyl (C=O) groups is 1. The van der Waals surface area contributed by atoms with Crippen molar-refractivity contribution in [3.8, 4) is 12.3 Å². The lowest BCUT2D eigenvalue weighted by Crippen LogP contribution is -2.49. The fraction of sp³-hybridized carbons (Fsp3) is 0.500. The molecule has 0 radical (unpaired) electrons. The van der Waals surface area contributed by atoms with Gasteiger partial charge in [-0.25, -0.2) is 4.79 Å². The summed E-state index contributed by atoms with van der Waals surface area (Å²) >= 11 is 0. The van der Waals surface area contributed by atoms with Crippen LogP contribution in [-0.2, 0) is 19.0 Å². The molecule has 1 aromatic rings. The average Bonchev–Trinajstić information content (AvgIpc) is 2.80. The fourth-order valence-electron chi connectivity index (χ4n) is 2.50. The molecule has 0 amide bonds. The second-order valence-corrected chi connectivity index (χ2v) is 4.87.